The van der Waals surface area contributed by atoms with E-state index >= 15 is 0 Å². The van der Waals surface area contributed by atoms with Crippen LogP contribution >= 0.6 is 0 Å². The maximum atomic E-state index is 12.6. The molecule has 4 fully saturated rings. The van der Waals surface area contributed by atoms with Crippen molar-refractivity contribution in [1.82, 2.24) is 0 Å². The first-order valence-corrected chi connectivity index (χ1v) is 10.5. The standard InChI is InChI=1S/C22H34O4/c1-13(2)6-7-18(23)25-14(3)19(24)26-20(4,5)21-10-16-8-15-9-17(11-21)22(15,16)12-21/h13-17H,6-12H2,1-5H3. The Bertz CT molecular complexity index is 604. The number of hydrogen-bond donors (Lipinski definition) is 0. The average molecular weight is 363 g/mol. The quantitative estimate of drug-likeness (QED) is 0.626. The molecule has 4 saturated carbocycles. The van der Waals surface area contributed by atoms with Crippen molar-refractivity contribution in [3.63, 3.8) is 0 Å². The fraction of sp³-hybridized carbons (Fsp3) is 0.909. The van der Waals surface area contributed by atoms with E-state index in [0.29, 0.717) is 17.8 Å². The molecule has 0 saturated heterocycles. The van der Waals surface area contributed by atoms with Gasteiger partial charge in [-0.15, -0.1) is 0 Å². The molecule has 0 aliphatic heterocycles. The smallest absolute Gasteiger partial charge is 0.347 e. The Kier molecular flexibility index (Phi) is 4.03. The van der Waals surface area contributed by atoms with E-state index in [2.05, 4.69) is 27.7 Å². The lowest BCUT2D eigenvalue weighted by Gasteiger charge is -2.66. The zero-order chi connectivity index (χ0) is 18.9. The Morgan fingerprint density at radius 1 is 1.08 bits per heavy atom. The summed E-state index contributed by atoms with van der Waals surface area (Å²) in [6.45, 7) is 9.94. The lowest BCUT2D eigenvalue weighted by Crippen LogP contribution is -2.60. The molecule has 0 aromatic carbocycles. The van der Waals surface area contributed by atoms with Gasteiger partial charge in [-0.2, -0.15) is 0 Å². The fourth-order valence-electron chi connectivity index (χ4n) is 6.93. The van der Waals surface area contributed by atoms with E-state index in [1.54, 1.807) is 6.92 Å². The highest BCUT2D eigenvalue weighted by Gasteiger charge is 2.80. The Morgan fingerprint density at radius 2 is 1.69 bits per heavy atom. The minimum Gasteiger partial charge on any atom is -0.456 e. The van der Waals surface area contributed by atoms with Crippen LogP contribution < -0.4 is 0 Å². The molecule has 0 N–H and O–H groups in total. The van der Waals surface area contributed by atoms with Crippen LogP contribution in [0.5, 0.6) is 0 Å². The Hall–Kier alpha value is -1.06. The van der Waals surface area contributed by atoms with Gasteiger partial charge in [-0.1, -0.05) is 13.8 Å². The van der Waals surface area contributed by atoms with Gasteiger partial charge >= 0.3 is 11.9 Å². The molecule has 0 heterocycles. The van der Waals surface area contributed by atoms with Crippen LogP contribution in [-0.4, -0.2) is 23.6 Å². The number of fused-ring (bicyclic) bond motifs is 1. The van der Waals surface area contributed by atoms with Crippen molar-refractivity contribution in [3.05, 3.63) is 0 Å². The van der Waals surface area contributed by atoms with Gasteiger partial charge in [0.15, 0.2) is 6.10 Å². The molecule has 1 spiro atoms. The molecule has 4 nitrogen and oxygen atoms in total. The number of hydrogen-bond acceptors (Lipinski definition) is 4. The van der Waals surface area contributed by atoms with E-state index in [9.17, 15) is 9.59 Å². The molecule has 0 amide bonds. The Balaban J connectivity index is 1.36. The Morgan fingerprint density at radius 3 is 2.19 bits per heavy atom. The second kappa shape index (κ2) is 5.72. The highest BCUT2D eigenvalue weighted by molar-refractivity contribution is 5.79. The summed E-state index contributed by atoms with van der Waals surface area (Å²) in [6, 6.07) is 0. The van der Waals surface area contributed by atoms with Crippen LogP contribution in [0, 0.1) is 34.5 Å². The van der Waals surface area contributed by atoms with E-state index < -0.39 is 17.7 Å². The van der Waals surface area contributed by atoms with Crippen molar-refractivity contribution < 1.29 is 19.1 Å². The third-order valence-electron chi connectivity index (χ3n) is 8.54. The van der Waals surface area contributed by atoms with Crippen LogP contribution in [0.15, 0.2) is 0 Å². The molecule has 0 radical (unpaired) electrons. The molecule has 4 rings (SSSR count). The molecular weight excluding hydrogens is 328 g/mol. The fourth-order valence-corrected chi connectivity index (χ4v) is 6.93. The lowest BCUT2D eigenvalue weighted by atomic mass is 9.38. The van der Waals surface area contributed by atoms with Crippen LogP contribution in [0.4, 0.5) is 0 Å². The summed E-state index contributed by atoms with van der Waals surface area (Å²) < 4.78 is 11.3. The van der Waals surface area contributed by atoms with Crippen molar-refractivity contribution in [3.8, 4) is 0 Å². The topological polar surface area (TPSA) is 52.6 Å². The van der Waals surface area contributed by atoms with Crippen LogP contribution in [0.1, 0.15) is 79.6 Å². The molecule has 146 valence electrons. The van der Waals surface area contributed by atoms with Crippen LogP contribution in [0.25, 0.3) is 0 Å². The number of ether oxygens (including phenoxy) is 2. The van der Waals surface area contributed by atoms with Gasteiger partial charge < -0.3 is 9.47 Å². The second-order valence-electron chi connectivity index (χ2n) is 10.5. The van der Waals surface area contributed by atoms with Crippen molar-refractivity contribution in [1.29, 1.82) is 0 Å². The van der Waals surface area contributed by atoms with Gasteiger partial charge in [-0.3, -0.25) is 4.79 Å². The SMILES string of the molecule is CC(C)CCC(=O)OC(C)C(=O)OC(C)(C)C12CC3CC4CC(C1)C43C2. The third-order valence-corrected chi connectivity index (χ3v) is 8.54. The molecule has 26 heavy (non-hydrogen) atoms. The highest BCUT2D eigenvalue weighted by atomic mass is 16.6. The van der Waals surface area contributed by atoms with Crippen molar-refractivity contribution in [2.24, 2.45) is 34.5 Å². The van der Waals surface area contributed by atoms with Crippen molar-refractivity contribution in [2.75, 3.05) is 0 Å². The van der Waals surface area contributed by atoms with Crippen LogP contribution in [0.3, 0.4) is 0 Å². The zero-order valence-electron chi connectivity index (χ0n) is 17.0. The van der Waals surface area contributed by atoms with E-state index in [1.165, 1.54) is 32.1 Å². The average Bonchev–Trinajstić information content (AvgIpc) is 3.00. The number of carbonyl (C=O) groups is 2. The maximum Gasteiger partial charge on any atom is 0.347 e. The lowest BCUT2D eigenvalue weighted by molar-refractivity contribution is -0.196. The molecule has 0 aromatic heterocycles. The first-order valence-electron chi connectivity index (χ1n) is 10.5. The summed E-state index contributed by atoms with van der Waals surface area (Å²) in [5, 5.41) is 0. The molecule has 4 aliphatic rings. The van der Waals surface area contributed by atoms with Gasteiger partial charge in [0.05, 0.1) is 0 Å². The first kappa shape index (κ1) is 18.3. The summed E-state index contributed by atoms with van der Waals surface area (Å²) in [5.41, 5.74) is 0.250. The van der Waals surface area contributed by atoms with Gasteiger partial charge in [0, 0.05) is 11.8 Å². The maximum absolute atomic E-state index is 12.6. The molecule has 4 aliphatic carbocycles. The second-order valence-corrected chi connectivity index (χ2v) is 10.5. The molecule has 4 heteroatoms. The van der Waals surface area contributed by atoms with Crippen LogP contribution in [0.2, 0.25) is 0 Å². The predicted molar refractivity (Wildman–Crippen MR) is 98.2 cm³/mol. The minimum absolute atomic E-state index is 0.130. The van der Waals surface area contributed by atoms with Gasteiger partial charge in [0.2, 0.25) is 0 Å². The predicted octanol–water partition coefficient (Wildman–Crippen LogP) is 4.50. The molecule has 3 unspecified atom stereocenters. The van der Waals surface area contributed by atoms with E-state index in [1.807, 2.05) is 0 Å². The minimum atomic E-state index is -0.826. The van der Waals surface area contributed by atoms with Crippen molar-refractivity contribution in [2.45, 2.75) is 91.3 Å². The first-order chi connectivity index (χ1) is 12.1. The van der Waals surface area contributed by atoms with Crippen LogP contribution in [-0.2, 0) is 19.1 Å². The van der Waals surface area contributed by atoms with Crippen molar-refractivity contribution >= 4 is 11.9 Å². The summed E-state index contributed by atoms with van der Waals surface area (Å²) >= 11 is 0. The van der Waals surface area contributed by atoms with Gasteiger partial charge in [0.1, 0.15) is 5.60 Å². The Labute approximate surface area is 157 Å². The summed E-state index contributed by atoms with van der Waals surface area (Å²) in [4.78, 5) is 24.6. The normalized spacial score (nSPS) is 40.5. The zero-order valence-corrected chi connectivity index (χ0v) is 17.0. The van der Waals surface area contributed by atoms with E-state index in [-0.39, 0.29) is 11.4 Å². The third kappa shape index (κ3) is 2.39. The summed E-state index contributed by atoms with van der Waals surface area (Å²) in [5.74, 6) is 2.43. The van der Waals surface area contributed by atoms with E-state index in [0.717, 1.165) is 24.2 Å². The highest BCUT2D eigenvalue weighted by Crippen LogP contribution is 2.86. The number of carbonyl (C=O) groups excluding carboxylic acids is 2. The van der Waals surface area contributed by atoms with Gasteiger partial charge in [0.25, 0.3) is 0 Å². The largest absolute Gasteiger partial charge is 0.456 e. The summed E-state index contributed by atoms with van der Waals surface area (Å²) in [6.07, 6.45) is 6.76. The number of rotatable bonds is 7. The molecule has 2 bridgehead atoms. The summed E-state index contributed by atoms with van der Waals surface area (Å²) in [7, 11) is 0. The van der Waals surface area contributed by atoms with Gasteiger partial charge in [-0.05, 0) is 88.4 Å². The molecule has 0 aromatic rings. The van der Waals surface area contributed by atoms with Gasteiger partial charge in [-0.25, -0.2) is 4.79 Å². The molecular formula is C22H34O4. The van der Waals surface area contributed by atoms with E-state index in [4.69, 9.17) is 9.47 Å². The monoisotopic (exact) mass is 362 g/mol. The molecule has 3 atom stereocenters. The number of esters is 2.